The molecule has 0 aromatic heterocycles. The Hall–Kier alpha value is -0.980. The van der Waals surface area contributed by atoms with E-state index in [-0.39, 0.29) is 0 Å². The van der Waals surface area contributed by atoms with Crippen molar-refractivity contribution >= 4 is 0 Å². The summed E-state index contributed by atoms with van der Waals surface area (Å²) in [6.45, 7) is 22.9. The third-order valence-corrected chi connectivity index (χ3v) is 5.81. The van der Waals surface area contributed by atoms with E-state index in [4.69, 9.17) is 0 Å². The Bertz CT molecular complexity index is 396. The predicted molar refractivity (Wildman–Crippen MR) is 104 cm³/mol. The van der Waals surface area contributed by atoms with Crippen molar-refractivity contribution in [2.45, 2.75) is 59.8 Å². The molecule has 0 aliphatic heterocycles. The highest BCUT2D eigenvalue weighted by molar-refractivity contribution is 5.05. The van der Waals surface area contributed by atoms with Crippen molar-refractivity contribution in [1.82, 2.24) is 4.90 Å². The van der Waals surface area contributed by atoms with Crippen LogP contribution in [0.5, 0.6) is 0 Å². The summed E-state index contributed by atoms with van der Waals surface area (Å²) in [7, 11) is 2.21. The highest BCUT2D eigenvalue weighted by atomic mass is 15.1. The number of nitrogens with zero attached hydrogens (tertiary/aromatic N) is 1. The monoisotopic (exact) mass is 317 g/mol. The first kappa shape index (κ1) is 20.1. The maximum atomic E-state index is 4.32. The molecule has 0 saturated heterocycles. The fourth-order valence-corrected chi connectivity index (χ4v) is 3.72. The van der Waals surface area contributed by atoms with Crippen LogP contribution in [0, 0.1) is 29.6 Å². The van der Waals surface area contributed by atoms with Gasteiger partial charge in [0.05, 0.1) is 0 Å². The molecule has 1 aliphatic rings. The van der Waals surface area contributed by atoms with E-state index < -0.39 is 0 Å². The molecule has 1 unspecified atom stereocenters. The summed E-state index contributed by atoms with van der Waals surface area (Å²) in [5, 5.41) is 0. The topological polar surface area (TPSA) is 3.24 Å². The minimum Gasteiger partial charge on any atom is -0.378 e. The summed E-state index contributed by atoms with van der Waals surface area (Å²) in [5.41, 5.74) is 2.73. The molecule has 1 atom stereocenters. The van der Waals surface area contributed by atoms with Crippen LogP contribution in [0.4, 0.5) is 0 Å². The van der Waals surface area contributed by atoms with Crippen molar-refractivity contribution in [1.29, 1.82) is 0 Å². The van der Waals surface area contributed by atoms with Gasteiger partial charge in [0.15, 0.2) is 0 Å². The van der Waals surface area contributed by atoms with Gasteiger partial charge in [0.25, 0.3) is 0 Å². The van der Waals surface area contributed by atoms with Crippen LogP contribution in [0.3, 0.4) is 0 Å². The molecule has 1 saturated carbocycles. The number of hydrogen-bond donors (Lipinski definition) is 0. The van der Waals surface area contributed by atoms with Crippen LogP contribution in [0.15, 0.2) is 37.1 Å². The Labute approximate surface area is 145 Å². The van der Waals surface area contributed by atoms with Crippen molar-refractivity contribution in [3.8, 4) is 0 Å². The Kier molecular flexibility index (Phi) is 8.16. The lowest BCUT2D eigenvalue weighted by Crippen LogP contribution is -2.29. The third kappa shape index (κ3) is 6.20. The second-order valence-corrected chi connectivity index (χ2v) is 8.24. The summed E-state index contributed by atoms with van der Waals surface area (Å²) >= 11 is 0. The van der Waals surface area contributed by atoms with Crippen LogP contribution >= 0.6 is 0 Å². The molecule has 0 N–H and O–H groups in total. The third-order valence-electron chi connectivity index (χ3n) is 5.81. The Morgan fingerprint density at radius 1 is 1.09 bits per heavy atom. The van der Waals surface area contributed by atoms with Crippen molar-refractivity contribution in [3.05, 3.63) is 37.1 Å². The summed E-state index contributed by atoms with van der Waals surface area (Å²) < 4.78 is 0. The summed E-state index contributed by atoms with van der Waals surface area (Å²) in [4.78, 5) is 2.39. The lowest BCUT2D eigenvalue weighted by molar-refractivity contribution is 0.230. The molecular formula is C22H39N. The van der Waals surface area contributed by atoms with Gasteiger partial charge in [0.1, 0.15) is 0 Å². The smallest absolute Gasteiger partial charge is 0.0199 e. The maximum Gasteiger partial charge on any atom is 0.0199 e. The van der Waals surface area contributed by atoms with Gasteiger partial charge in [-0.15, -0.1) is 6.58 Å². The molecule has 23 heavy (non-hydrogen) atoms. The Morgan fingerprint density at radius 2 is 1.65 bits per heavy atom. The normalized spacial score (nSPS) is 22.9. The second-order valence-electron chi connectivity index (χ2n) is 8.24. The highest BCUT2D eigenvalue weighted by Gasteiger charge is 2.25. The molecule has 0 radical (unpaired) electrons. The van der Waals surface area contributed by atoms with E-state index in [9.17, 15) is 0 Å². The fraction of sp³-hybridized carbons (Fsp3) is 0.727. The molecule has 1 nitrogen and oxygen atoms in total. The minimum absolute atomic E-state index is 0.537. The molecule has 132 valence electrons. The van der Waals surface area contributed by atoms with E-state index >= 15 is 0 Å². The van der Waals surface area contributed by atoms with Crippen LogP contribution < -0.4 is 0 Å². The summed E-state index contributed by atoms with van der Waals surface area (Å²) in [6, 6.07) is 0. The van der Waals surface area contributed by atoms with E-state index in [2.05, 4.69) is 65.5 Å². The molecule has 0 aromatic rings. The van der Waals surface area contributed by atoms with Gasteiger partial charge in [-0.1, -0.05) is 52.5 Å². The molecule has 0 amide bonds. The lowest BCUT2D eigenvalue weighted by Gasteiger charge is -2.35. The van der Waals surface area contributed by atoms with Gasteiger partial charge < -0.3 is 4.90 Å². The zero-order valence-electron chi connectivity index (χ0n) is 16.3. The van der Waals surface area contributed by atoms with E-state index in [0.29, 0.717) is 17.8 Å². The van der Waals surface area contributed by atoms with Crippen molar-refractivity contribution < 1.29 is 0 Å². The quantitative estimate of drug-likeness (QED) is 0.451. The summed E-state index contributed by atoms with van der Waals surface area (Å²) in [5.74, 6) is 3.37. The molecule has 1 heteroatoms. The number of hydrogen-bond acceptors (Lipinski definition) is 1. The van der Waals surface area contributed by atoms with Crippen LogP contribution in [-0.2, 0) is 0 Å². The fourth-order valence-electron chi connectivity index (χ4n) is 3.72. The van der Waals surface area contributed by atoms with Crippen LogP contribution in [0.2, 0.25) is 0 Å². The van der Waals surface area contributed by atoms with Gasteiger partial charge >= 0.3 is 0 Å². The van der Waals surface area contributed by atoms with Gasteiger partial charge in [0.2, 0.25) is 0 Å². The second kappa shape index (κ2) is 9.35. The number of allylic oxidation sites excluding steroid dienone is 3. The minimum atomic E-state index is 0.537. The highest BCUT2D eigenvalue weighted by Crippen LogP contribution is 2.36. The molecule has 0 spiro atoms. The largest absolute Gasteiger partial charge is 0.378 e. The molecule has 0 heterocycles. The molecule has 1 rings (SSSR count). The van der Waals surface area contributed by atoms with Crippen LogP contribution in [0.1, 0.15) is 59.8 Å². The SMILES string of the molecule is C=CC(CC(=C)N(C)CC1CCC(C(=C)C(C)C)CC1)C(C)C. The zero-order valence-corrected chi connectivity index (χ0v) is 16.3. The van der Waals surface area contributed by atoms with E-state index in [1.165, 1.54) is 37.0 Å². The predicted octanol–water partition coefficient (Wildman–Crippen LogP) is 6.30. The molecule has 1 fully saturated rings. The first-order chi connectivity index (χ1) is 10.8. The average Bonchev–Trinajstić information content (AvgIpc) is 2.51. The Balaban J connectivity index is 2.41. The maximum absolute atomic E-state index is 4.32. The summed E-state index contributed by atoms with van der Waals surface area (Å²) in [6.07, 6.45) is 8.45. The van der Waals surface area contributed by atoms with E-state index in [1.54, 1.807) is 0 Å². The van der Waals surface area contributed by atoms with Crippen LogP contribution in [0.25, 0.3) is 0 Å². The van der Waals surface area contributed by atoms with Gasteiger partial charge in [-0.2, -0.15) is 0 Å². The average molecular weight is 318 g/mol. The molecule has 0 bridgehead atoms. The first-order valence-electron chi connectivity index (χ1n) is 9.46. The van der Waals surface area contributed by atoms with E-state index in [0.717, 1.165) is 24.8 Å². The molecule has 1 aliphatic carbocycles. The first-order valence-corrected chi connectivity index (χ1v) is 9.46. The van der Waals surface area contributed by atoms with Crippen molar-refractivity contribution in [3.63, 3.8) is 0 Å². The number of rotatable bonds is 9. The van der Waals surface area contributed by atoms with E-state index in [1.807, 2.05) is 0 Å². The lowest BCUT2D eigenvalue weighted by atomic mass is 9.76. The molecule has 0 aromatic carbocycles. The van der Waals surface area contributed by atoms with Gasteiger partial charge in [-0.3, -0.25) is 0 Å². The van der Waals surface area contributed by atoms with Crippen molar-refractivity contribution in [2.24, 2.45) is 29.6 Å². The zero-order chi connectivity index (χ0) is 17.6. The van der Waals surface area contributed by atoms with Crippen molar-refractivity contribution in [2.75, 3.05) is 13.6 Å². The van der Waals surface area contributed by atoms with Gasteiger partial charge in [-0.05, 0) is 61.7 Å². The van der Waals surface area contributed by atoms with Crippen LogP contribution in [-0.4, -0.2) is 18.5 Å². The Morgan fingerprint density at radius 3 is 2.09 bits per heavy atom. The molecular weight excluding hydrogens is 278 g/mol. The van der Waals surface area contributed by atoms with Gasteiger partial charge in [0, 0.05) is 19.3 Å². The van der Waals surface area contributed by atoms with Gasteiger partial charge in [-0.25, -0.2) is 0 Å². The standard InChI is InChI=1S/C22H39N/c1-9-21(17(4)5)14-18(6)23(8)15-20-10-12-22(13-11-20)19(7)16(2)3/h9,16-17,20-22H,1,6-7,10-15H2,2-5,8H3.